The molecule has 27 heavy (non-hydrogen) atoms. The van der Waals surface area contributed by atoms with Crippen LogP contribution in [0.1, 0.15) is 33.6 Å². The number of para-hydroxylation sites is 1. The number of piperidine rings is 1. The summed E-state index contributed by atoms with van der Waals surface area (Å²) in [6.07, 6.45) is 1.16. The molecule has 0 unspecified atom stereocenters. The van der Waals surface area contributed by atoms with Gasteiger partial charge in [0.2, 0.25) is 0 Å². The number of carbonyl (C=O) groups is 2. The van der Waals surface area contributed by atoms with Crippen LogP contribution in [0.25, 0.3) is 0 Å². The maximum absolute atomic E-state index is 13.9. The van der Waals surface area contributed by atoms with Crippen molar-refractivity contribution in [2.24, 2.45) is 0 Å². The molecular formula is C20H20ClFN2O3. The first kappa shape index (κ1) is 19.2. The lowest BCUT2D eigenvalue weighted by molar-refractivity contribution is 0.0695. The molecule has 1 N–H and O–H groups in total. The molecule has 2 aromatic rings. The van der Waals surface area contributed by atoms with Crippen LogP contribution in [-0.2, 0) is 0 Å². The van der Waals surface area contributed by atoms with Gasteiger partial charge in [-0.25, -0.2) is 4.39 Å². The molecule has 1 saturated heterocycles. The number of nitrogens with one attached hydrogen (secondary N) is 1. The Morgan fingerprint density at radius 2 is 1.85 bits per heavy atom. The standard InChI is InChI=1S/C20H20ClFN2O3/c1-27-17-8-3-2-5-14(17)20(26)24-11-9-13(10-12-24)23-19(25)18-15(21)6-4-7-16(18)22/h2-8,13H,9-12H2,1H3,(H,23,25). The zero-order chi connectivity index (χ0) is 19.4. The van der Waals surface area contributed by atoms with Crippen molar-refractivity contribution in [2.45, 2.75) is 18.9 Å². The number of methoxy groups -OCH3 is 1. The van der Waals surface area contributed by atoms with Crippen LogP contribution >= 0.6 is 11.6 Å². The van der Waals surface area contributed by atoms with Gasteiger partial charge in [0.1, 0.15) is 11.6 Å². The summed E-state index contributed by atoms with van der Waals surface area (Å²) >= 11 is 5.94. The van der Waals surface area contributed by atoms with Crippen molar-refractivity contribution in [1.29, 1.82) is 0 Å². The van der Waals surface area contributed by atoms with Crippen molar-refractivity contribution in [3.8, 4) is 5.75 Å². The molecule has 142 valence electrons. The van der Waals surface area contributed by atoms with E-state index in [1.165, 1.54) is 25.3 Å². The van der Waals surface area contributed by atoms with E-state index in [0.29, 0.717) is 37.2 Å². The third kappa shape index (κ3) is 4.22. The normalized spacial score (nSPS) is 14.7. The van der Waals surface area contributed by atoms with E-state index in [-0.39, 0.29) is 22.5 Å². The van der Waals surface area contributed by atoms with Crippen LogP contribution in [0.5, 0.6) is 5.75 Å². The Balaban J connectivity index is 1.60. The maximum Gasteiger partial charge on any atom is 0.257 e. The van der Waals surface area contributed by atoms with E-state index in [1.807, 2.05) is 6.07 Å². The molecule has 1 fully saturated rings. The summed E-state index contributed by atoms with van der Waals surface area (Å²) in [6, 6.07) is 11.1. The summed E-state index contributed by atoms with van der Waals surface area (Å²) in [6.45, 7) is 0.986. The van der Waals surface area contributed by atoms with Crippen molar-refractivity contribution in [1.82, 2.24) is 10.2 Å². The summed E-state index contributed by atoms with van der Waals surface area (Å²) in [4.78, 5) is 26.8. The fourth-order valence-corrected chi connectivity index (χ4v) is 3.44. The second kappa shape index (κ2) is 8.39. The highest BCUT2D eigenvalue weighted by molar-refractivity contribution is 6.33. The van der Waals surface area contributed by atoms with Crippen molar-refractivity contribution in [3.05, 3.63) is 64.4 Å². The zero-order valence-corrected chi connectivity index (χ0v) is 15.6. The molecule has 2 amide bonds. The van der Waals surface area contributed by atoms with Crippen molar-refractivity contribution in [2.75, 3.05) is 20.2 Å². The molecule has 0 radical (unpaired) electrons. The molecule has 2 aromatic carbocycles. The maximum atomic E-state index is 13.9. The lowest BCUT2D eigenvalue weighted by Crippen LogP contribution is -2.46. The number of benzene rings is 2. The fraction of sp³-hybridized carbons (Fsp3) is 0.300. The average Bonchev–Trinajstić information content (AvgIpc) is 2.68. The van der Waals surface area contributed by atoms with Gasteiger partial charge in [0.25, 0.3) is 11.8 Å². The Morgan fingerprint density at radius 3 is 2.52 bits per heavy atom. The monoisotopic (exact) mass is 390 g/mol. The van der Waals surface area contributed by atoms with E-state index in [0.717, 1.165) is 0 Å². The van der Waals surface area contributed by atoms with Gasteiger partial charge < -0.3 is 15.0 Å². The molecular weight excluding hydrogens is 371 g/mol. The zero-order valence-electron chi connectivity index (χ0n) is 14.9. The van der Waals surface area contributed by atoms with E-state index in [2.05, 4.69) is 5.32 Å². The Bertz CT molecular complexity index is 831. The lowest BCUT2D eigenvalue weighted by atomic mass is 10.0. The molecule has 1 aliphatic heterocycles. The van der Waals surface area contributed by atoms with E-state index in [9.17, 15) is 14.0 Å². The number of hydrogen-bond donors (Lipinski definition) is 1. The van der Waals surface area contributed by atoms with Gasteiger partial charge in [0.05, 0.1) is 23.3 Å². The lowest BCUT2D eigenvalue weighted by Gasteiger charge is -2.32. The molecule has 0 atom stereocenters. The molecule has 1 aliphatic rings. The van der Waals surface area contributed by atoms with Crippen molar-refractivity contribution in [3.63, 3.8) is 0 Å². The van der Waals surface area contributed by atoms with E-state index >= 15 is 0 Å². The van der Waals surface area contributed by atoms with Crippen molar-refractivity contribution < 1.29 is 18.7 Å². The van der Waals surface area contributed by atoms with E-state index < -0.39 is 11.7 Å². The number of ether oxygens (including phenoxy) is 1. The highest BCUT2D eigenvalue weighted by Gasteiger charge is 2.27. The first-order valence-electron chi connectivity index (χ1n) is 8.68. The van der Waals surface area contributed by atoms with Crippen LogP contribution in [0.15, 0.2) is 42.5 Å². The van der Waals surface area contributed by atoms with E-state index in [4.69, 9.17) is 16.3 Å². The van der Waals surface area contributed by atoms with Gasteiger partial charge in [-0.05, 0) is 37.1 Å². The third-order valence-electron chi connectivity index (χ3n) is 4.64. The number of halogens is 2. The molecule has 0 bridgehead atoms. The number of carbonyl (C=O) groups excluding carboxylic acids is 2. The summed E-state index contributed by atoms with van der Waals surface area (Å²) in [5.74, 6) is -0.752. The van der Waals surface area contributed by atoms with Crippen LogP contribution < -0.4 is 10.1 Å². The smallest absolute Gasteiger partial charge is 0.257 e. The van der Waals surface area contributed by atoms with Crippen LogP contribution in [0.2, 0.25) is 5.02 Å². The van der Waals surface area contributed by atoms with Crippen LogP contribution in [-0.4, -0.2) is 43.0 Å². The molecule has 7 heteroatoms. The van der Waals surface area contributed by atoms with Crippen molar-refractivity contribution >= 4 is 23.4 Å². The Morgan fingerprint density at radius 1 is 1.15 bits per heavy atom. The second-order valence-corrected chi connectivity index (χ2v) is 6.74. The minimum absolute atomic E-state index is 0.0799. The first-order chi connectivity index (χ1) is 13.0. The summed E-state index contributed by atoms with van der Waals surface area (Å²) in [5.41, 5.74) is 0.368. The molecule has 0 saturated carbocycles. The molecule has 0 aliphatic carbocycles. The quantitative estimate of drug-likeness (QED) is 0.868. The number of likely N-dealkylation sites (tertiary alicyclic amines) is 1. The van der Waals surface area contributed by atoms with E-state index in [1.54, 1.807) is 23.1 Å². The first-order valence-corrected chi connectivity index (χ1v) is 9.06. The van der Waals surface area contributed by atoms with Crippen LogP contribution in [0, 0.1) is 5.82 Å². The third-order valence-corrected chi connectivity index (χ3v) is 4.96. The largest absolute Gasteiger partial charge is 0.496 e. The van der Waals surface area contributed by atoms with Gasteiger partial charge in [-0.15, -0.1) is 0 Å². The van der Waals surface area contributed by atoms with Gasteiger partial charge in [0.15, 0.2) is 0 Å². The Labute approximate surface area is 162 Å². The molecule has 0 spiro atoms. The Kier molecular flexibility index (Phi) is 5.96. The number of amides is 2. The predicted molar refractivity (Wildman–Crippen MR) is 101 cm³/mol. The summed E-state index contributed by atoms with van der Waals surface area (Å²) in [7, 11) is 1.53. The number of rotatable bonds is 4. The van der Waals surface area contributed by atoms with Gasteiger partial charge >= 0.3 is 0 Å². The molecule has 5 nitrogen and oxygen atoms in total. The summed E-state index contributed by atoms with van der Waals surface area (Å²) < 4.78 is 19.1. The highest BCUT2D eigenvalue weighted by atomic mass is 35.5. The van der Waals surface area contributed by atoms with Crippen LogP contribution in [0.3, 0.4) is 0 Å². The molecule has 0 aromatic heterocycles. The minimum atomic E-state index is -0.649. The minimum Gasteiger partial charge on any atom is -0.496 e. The predicted octanol–water partition coefficient (Wildman–Crippen LogP) is 3.52. The van der Waals surface area contributed by atoms with Gasteiger partial charge in [0, 0.05) is 19.1 Å². The Hall–Kier alpha value is -2.60. The van der Waals surface area contributed by atoms with Gasteiger partial charge in [-0.2, -0.15) is 0 Å². The fourth-order valence-electron chi connectivity index (χ4n) is 3.19. The van der Waals surface area contributed by atoms with Gasteiger partial charge in [-0.3, -0.25) is 9.59 Å². The van der Waals surface area contributed by atoms with Gasteiger partial charge in [-0.1, -0.05) is 29.8 Å². The second-order valence-electron chi connectivity index (χ2n) is 6.34. The average molecular weight is 391 g/mol. The number of hydrogen-bond acceptors (Lipinski definition) is 3. The summed E-state index contributed by atoms with van der Waals surface area (Å²) in [5, 5.41) is 2.89. The molecule has 3 rings (SSSR count). The topological polar surface area (TPSA) is 58.6 Å². The number of nitrogens with zero attached hydrogens (tertiary/aromatic N) is 1. The SMILES string of the molecule is COc1ccccc1C(=O)N1CCC(NC(=O)c2c(F)cccc2Cl)CC1. The molecule has 1 heterocycles. The highest BCUT2D eigenvalue weighted by Crippen LogP contribution is 2.23. The van der Waals surface area contributed by atoms with Crippen LogP contribution in [0.4, 0.5) is 4.39 Å².